The number of hydrogen-bond donors (Lipinski definition) is 3. The van der Waals surface area contributed by atoms with Crippen LogP contribution in [0.5, 0.6) is 0 Å². The van der Waals surface area contributed by atoms with Gasteiger partial charge in [-0.1, -0.05) is 6.07 Å². The van der Waals surface area contributed by atoms with Gasteiger partial charge in [0, 0.05) is 54.8 Å². The number of aromatic nitrogens is 4. The van der Waals surface area contributed by atoms with Gasteiger partial charge >= 0.3 is 0 Å². The van der Waals surface area contributed by atoms with Crippen molar-refractivity contribution in [3.05, 3.63) is 63.5 Å². The molecule has 0 saturated carbocycles. The van der Waals surface area contributed by atoms with E-state index in [9.17, 15) is 9.59 Å². The third-order valence-electron chi connectivity index (χ3n) is 7.37. The number of hydrazine groups is 1. The van der Waals surface area contributed by atoms with Crippen molar-refractivity contribution in [3.8, 4) is 0 Å². The molecule has 6 rings (SSSR count). The molecule has 3 aliphatic rings. The molecular weight excluding hydrogens is 418 g/mol. The second kappa shape index (κ2) is 8.39. The van der Waals surface area contributed by atoms with Crippen molar-refractivity contribution in [3.63, 3.8) is 0 Å². The average Bonchev–Trinajstić information content (AvgIpc) is 3.53. The van der Waals surface area contributed by atoms with Gasteiger partial charge in [-0.3, -0.25) is 19.7 Å². The van der Waals surface area contributed by atoms with Crippen molar-refractivity contribution in [1.82, 2.24) is 35.3 Å². The first-order chi connectivity index (χ1) is 16.2. The molecule has 3 atom stereocenters. The van der Waals surface area contributed by atoms with Crippen LogP contribution in [0.2, 0.25) is 0 Å². The van der Waals surface area contributed by atoms with E-state index in [4.69, 9.17) is 4.98 Å². The first-order valence-corrected chi connectivity index (χ1v) is 12.0. The number of nitrogens with one attached hydrogen (secondary N) is 3. The minimum atomic E-state index is -0.257. The van der Waals surface area contributed by atoms with Crippen LogP contribution in [-0.2, 0) is 17.6 Å². The van der Waals surface area contributed by atoms with Gasteiger partial charge in [-0.25, -0.2) is 20.4 Å². The molecule has 33 heavy (non-hydrogen) atoms. The van der Waals surface area contributed by atoms with Crippen molar-refractivity contribution in [1.29, 1.82) is 0 Å². The van der Waals surface area contributed by atoms with Gasteiger partial charge in [-0.2, -0.15) is 0 Å². The van der Waals surface area contributed by atoms with Crippen LogP contribution in [0.3, 0.4) is 0 Å². The molecule has 9 heteroatoms. The maximum Gasteiger partial charge on any atom is 0.276 e. The lowest BCUT2D eigenvalue weighted by atomic mass is 9.94. The molecule has 2 aliphatic heterocycles. The Bertz CT molecular complexity index is 1230. The molecule has 3 N–H and O–H groups in total. The number of piperidine rings is 1. The lowest BCUT2D eigenvalue weighted by molar-refractivity contribution is -0.134. The second-order valence-electron chi connectivity index (χ2n) is 9.49. The molecule has 1 aliphatic carbocycles. The van der Waals surface area contributed by atoms with Crippen LogP contribution < -0.4 is 16.4 Å². The number of H-pyrrole nitrogens is 1. The highest BCUT2D eigenvalue weighted by Crippen LogP contribution is 2.29. The Balaban J connectivity index is 1.18. The minimum absolute atomic E-state index is 0.0346. The van der Waals surface area contributed by atoms with Crippen molar-refractivity contribution in [2.45, 2.75) is 62.9 Å². The van der Waals surface area contributed by atoms with Gasteiger partial charge in [0.25, 0.3) is 5.56 Å². The summed E-state index contributed by atoms with van der Waals surface area (Å²) in [5.74, 6) is 0.296. The lowest BCUT2D eigenvalue weighted by Crippen LogP contribution is -2.48. The van der Waals surface area contributed by atoms with E-state index in [2.05, 4.69) is 20.9 Å². The summed E-state index contributed by atoms with van der Waals surface area (Å²) in [4.78, 5) is 37.2. The first kappa shape index (κ1) is 20.6. The zero-order chi connectivity index (χ0) is 22.4. The van der Waals surface area contributed by atoms with Crippen LogP contribution in [0, 0.1) is 0 Å². The van der Waals surface area contributed by atoms with Crippen LogP contribution in [0.15, 0.2) is 35.4 Å². The molecule has 172 valence electrons. The van der Waals surface area contributed by atoms with Gasteiger partial charge in [0.1, 0.15) is 6.04 Å². The zero-order valence-electron chi connectivity index (χ0n) is 18.6. The van der Waals surface area contributed by atoms with E-state index in [1.165, 1.54) is 0 Å². The van der Waals surface area contributed by atoms with Crippen LogP contribution in [0.25, 0.3) is 5.65 Å². The number of hydrogen-bond acceptors (Lipinski definition) is 6. The Morgan fingerprint density at radius 2 is 2.06 bits per heavy atom. The third-order valence-corrected chi connectivity index (χ3v) is 7.37. The van der Waals surface area contributed by atoms with Crippen molar-refractivity contribution < 1.29 is 4.79 Å². The van der Waals surface area contributed by atoms with Crippen LogP contribution in [0.4, 0.5) is 0 Å². The fraction of sp³-hybridized carbons (Fsp3) is 0.500. The molecule has 0 bridgehead atoms. The number of pyridine rings is 1. The maximum atomic E-state index is 13.3. The number of carbonyl (C=O) groups excluding carboxylic acids is 1. The van der Waals surface area contributed by atoms with E-state index in [-0.39, 0.29) is 29.5 Å². The number of amides is 1. The fourth-order valence-electron chi connectivity index (χ4n) is 5.56. The second-order valence-corrected chi connectivity index (χ2v) is 9.49. The molecule has 0 spiro atoms. The maximum absolute atomic E-state index is 13.3. The molecule has 1 amide bonds. The molecule has 2 fully saturated rings. The van der Waals surface area contributed by atoms with Gasteiger partial charge in [0.2, 0.25) is 5.91 Å². The SMILES string of the molecule is O=C(C1CC(c2cccnc2)NN1)N1CCCC(c2cc3nc4c(c(=O)n3[nH]2)CCCC4)C1. The van der Waals surface area contributed by atoms with Gasteiger partial charge in [0.05, 0.1) is 5.69 Å². The lowest BCUT2D eigenvalue weighted by Gasteiger charge is -2.33. The molecule has 0 aromatic carbocycles. The monoisotopic (exact) mass is 447 g/mol. The summed E-state index contributed by atoms with van der Waals surface area (Å²) in [5, 5.41) is 3.31. The molecule has 3 unspecified atom stereocenters. The molecular formula is C24H29N7O2. The van der Waals surface area contributed by atoms with Crippen molar-refractivity contribution in [2.24, 2.45) is 0 Å². The summed E-state index contributed by atoms with van der Waals surface area (Å²) in [6, 6.07) is 5.76. The highest BCUT2D eigenvalue weighted by molar-refractivity contribution is 5.82. The third kappa shape index (κ3) is 3.75. The molecule has 3 aromatic rings. The highest BCUT2D eigenvalue weighted by atomic mass is 16.2. The van der Waals surface area contributed by atoms with Gasteiger partial charge in [0.15, 0.2) is 5.65 Å². The highest BCUT2D eigenvalue weighted by Gasteiger charge is 2.35. The van der Waals surface area contributed by atoms with Gasteiger partial charge < -0.3 is 4.90 Å². The summed E-state index contributed by atoms with van der Waals surface area (Å²) in [6.07, 6.45) is 10.1. The number of aryl methyl sites for hydroxylation is 1. The molecule has 5 heterocycles. The smallest absolute Gasteiger partial charge is 0.276 e. The normalized spacial score (nSPS) is 25.3. The number of rotatable bonds is 3. The number of aromatic amines is 1. The predicted octanol–water partition coefficient (Wildman–Crippen LogP) is 1.61. The number of fused-ring (bicyclic) bond motifs is 2. The van der Waals surface area contributed by atoms with Gasteiger partial charge in [-0.05, 0) is 56.6 Å². The Labute approximate surface area is 191 Å². The molecule has 3 aromatic heterocycles. The van der Waals surface area contributed by atoms with E-state index in [1.54, 1.807) is 10.7 Å². The Morgan fingerprint density at radius 3 is 2.94 bits per heavy atom. The molecule has 0 radical (unpaired) electrons. The molecule has 2 saturated heterocycles. The first-order valence-electron chi connectivity index (χ1n) is 12.0. The topological polar surface area (TPSA) is 107 Å². The van der Waals surface area contributed by atoms with Crippen molar-refractivity contribution >= 4 is 11.6 Å². The Hall–Kier alpha value is -3.04. The largest absolute Gasteiger partial charge is 0.341 e. The van der Waals surface area contributed by atoms with Crippen LogP contribution >= 0.6 is 0 Å². The van der Waals surface area contributed by atoms with E-state index < -0.39 is 0 Å². The van der Waals surface area contributed by atoms with E-state index in [0.29, 0.717) is 18.6 Å². The summed E-state index contributed by atoms with van der Waals surface area (Å²) < 4.78 is 1.60. The van der Waals surface area contributed by atoms with Crippen LogP contribution in [-0.4, -0.2) is 49.5 Å². The summed E-state index contributed by atoms with van der Waals surface area (Å²) in [7, 11) is 0. The summed E-state index contributed by atoms with van der Waals surface area (Å²) in [5.41, 5.74) is 11.0. The average molecular weight is 448 g/mol. The quantitative estimate of drug-likeness (QED) is 0.563. The van der Waals surface area contributed by atoms with E-state index in [0.717, 1.165) is 67.6 Å². The van der Waals surface area contributed by atoms with E-state index >= 15 is 0 Å². The van der Waals surface area contributed by atoms with Crippen molar-refractivity contribution in [2.75, 3.05) is 13.1 Å². The number of nitrogens with zero attached hydrogens (tertiary/aromatic N) is 4. The standard InChI is InChI=1S/C24H29N7O2/c32-23-17-7-1-2-8-18(17)26-22-12-20(29-31(22)23)16-6-4-10-30(14-16)24(33)21-11-19(27-28-21)15-5-3-9-25-13-15/h3,5,9,12-13,16,19,21,27-29H,1-2,4,6-8,10-11,14H2. The molecule has 9 nitrogen and oxygen atoms in total. The predicted molar refractivity (Wildman–Crippen MR) is 123 cm³/mol. The van der Waals surface area contributed by atoms with Gasteiger partial charge in [-0.15, -0.1) is 0 Å². The summed E-state index contributed by atoms with van der Waals surface area (Å²) in [6.45, 7) is 1.41. The number of likely N-dealkylation sites (tertiary alicyclic amines) is 1. The zero-order valence-corrected chi connectivity index (χ0v) is 18.6. The summed E-state index contributed by atoms with van der Waals surface area (Å²) >= 11 is 0. The van der Waals surface area contributed by atoms with E-state index in [1.807, 2.05) is 29.3 Å². The Kier molecular flexibility index (Phi) is 5.22. The minimum Gasteiger partial charge on any atom is -0.341 e. The number of carbonyl (C=O) groups is 1. The Morgan fingerprint density at radius 1 is 1.15 bits per heavy atom. The van der Waals surface area contributed by atoms with Crippen LogP contribution in [0.1, 0.15) is 66.6 Å². The fourth-order valence-corrected chi connectivity index (χ4v) is 5.56.